The molecule has 0 spiro atoms. The van der Waals surface area contributed by atoms with Gasteiger partial charge in [-0.05, 0) is 44.2 Å². The lowest BCUT2D eigenvalue weighted by molar-refractivity contribution is -0.0505. The number of aromatic nitrogens is 2. The Kier molecular flexibility index (Phi) is 4.13. The normalized spacial score (nSPS) is 29.1. The van der Waals surface area contributed by atoms with Gasteiger partial charge in [0.1, 0.15) is 11.6 Å². The van der Waals surface area contributed by atoms with Crippen LogP contribution in [-0.2, 0) is 4.74 Å². The summed E-state index contributed by atoms with van der Waals surface area (Å²) in [4.78, 5) is 14.0. The first-order chi connectivity index (χ1) is 14.5. The van der Waals surface area contributed by atoms with Crippen LogP contribution in [0.4, 0.5) is 20.3 Å². The van der Waals surface area contributed by atoms with E-state index >= 15 is 0 Å². The second-order valence-corrected chi connectivity index (χ2v) is 8.90. The van der Waals surface area contributed by atoms with E-state index in [4.69, 9.17) is 9.72 Å². The number of fused-ring (bicyclic) bond motifs is 3. The summed E-state index contributed by atoms with van der Waals surface area (Å²) in [6.45, 7) is 1.46. The van der Waals surface area contributed by atoms with Gasteiger partial charge in [0.25, 0.3) is 0 Å². The van der Waals surface area contributed by atoms with Crippen molar-refractivity contribution in [3.63, 3.8) is 0 Å². The Balaban J connectivity index is 1.41. The Bertz CT molecular complexity index is 982. The van der Waals surface area contributed by atoms with Crippen molar-refractivity contribution in [3.05, 3.63) is 30.1 Å². The topological polar surface area (TPSA) is 50.7 Å². The highest BCUT2D eigenvalue weighted by atomic mass is 19.3. The number of pyridine rings is 2. The summed E-state index contributed by atoms with van der Waals surface area (Å²) in [5.74, 6) is 1.83. The number of ether oxygens (including phenoxy) is 2. The zero-order chi connectivity index (χ0) is 20.4. The van der Waals surface area contributed by atoms with Gasteiger partial charge in [0.05, 0.1) is 30.1 Å². The molecule has 1 aliphatic carbocycles. The molecule has 0 amide bonds. The molecule has 7 rings (SSSR count). The SMILES string of the molecule is Cc1ncc(-c2cc(N3C[C@@H]4C[C@H]3CO4)cc(N3CC4CC3C4)n2)cc1OC(F)F. The van der Waals surface area contributed by atoms with E-state index in [1.165, 1.54) is 12.8 Å². The number of rotatable bonds is 5. The van der Waals surface area contributed by atoms with Crippen molar-refractivity contribution in [2.75, 3.05) is 29.5 Å². The fourth-order valence-corrected chi connectivity index (χ4v) is 5.36. The largest absolute Gasteiger partial charge is 0.433 e. The molecule has 6 nitrogen and oxygen atoms in total. The number of aryl methyl sites for hydroxylation is 1. The van der Waals surface area contributed by atoms with Crippen LogP contribution in [0.5, 0.6) is 5.75 Å². The third kappa shape index (κ3) is 3.00. The first kappa shape index (κ1) is 18.3. The predicted octanol–water partition coefficient (Wildman–Crippen LogP) is 3.63. The molecule has 5 aliphatic rings. The monoisotopic (exact) mass is 414 g/mol. The van der Waals surface area contributed by atoms with Crippen LogP contribution in [0.15, 0.2) is 24.4 Å². The maximum Gasteiger partial charge on any atom is 0.387 e. The van der Waals surface area contributed by atoms with Gasteiger partial charge in [-0.2, -0.15) is 8.78 Å². The Morgan fingerprint density at radius 2 is 1.97 bits per heavy atom. The number of nitrogens with zero attached hydrogens (tertiary/aromatic N) is 4. The average molecular weight is 414 g/mol. The molecule has 1 saturated carbocycles. The van der Waals surface area contributed by atoms with Gasteiger partial charge in [0.2, 0.25) is 0 Å². The van der Waals surface area contributed by atoms with Gasteiger partial charge in [-0.15, -0.1) is 0 Å². The van der Waals surface area contributed by atoms with Crippen LogP contribution in [-0.4, -0.2) is 54.5 Å². The highest BCUT2D eigenvalue weighted by Gasteiger charge is 2.44. The number of alkyl halides is 2. The first-order valence-corrected chi connectivity index (χ1v) is 10.6. The zero-order valence-electron chi connectivity index (χ0n) is 16.8. The summed E-state index contributed by atoms with van der Waals surface area (Å²) < 4.78 is 36.1. The molecule has 0 N–H and O–H groups in total. The average Bonchev–Trinajstić information content (AvgIpc) is 3.48. The summed E-state index contributed by atoms with van der Waals surface area (Å²) >= 11 is 0. The molecule has 8 heteroatoms. The number of halogens is 2. The van der Waals surface area contributed by atoms with Crippen LogP contribution >= 0.6 is 0 Å². The van der Waals surface area contributed by atoms with Crippen LogP contribution in [0.3, 0.4) is 0 Å². The Morgan fingerprint density at radius 3 is 2.63 bits per heavy atom. The molecule has 4 aliphatic heterocycles. The van der Waals surface area contributed by atoms with E-state index in [-0.39, 0.29) is 5.75 Å². The lowest BCUT2D eigenvalue weighted by Crippen LogP contribution is -2.37. The first-order valence-electron chi connectivity index (χ1n) is 10.6. The standard InChI is InChI=1S/C22H24F2N4O2/c1-12-20(30-22(23)24)4-14(8-25-12)19-6-16(27-10-18-5-17(27)11-29-18)7-21(26-19)28-9-13-2-15(28)3-13/h4,6-8,13,15,17-18,22H,2-3,5,9-11H2,1H3/t13?,15?,17-,18-/m0/s1. The smallest absolute Gasteiger partial charge is 0.387 e. The molecule has 0 radical (unpaired) electrons. The van der Waals surface area contributed by atoms with Crippen LogP contribution in [0.2, 0.25) is 0 Å². The fraction of sp³-hybridized carbons (Fsp3) is 0.545. The minimum atomic E-state index is -2.88. The van der Waals surface area contributed by atoms with Gasteiger partial charge in [0, 0.05) is 42.6 Å². The molecule has 0 unspecified atom stereocenters. The quantitative estimate of drug-likeness (QED) is 0.745. The second-order valence-electron chi connectivity index (χ2n) is 8.90. The van der Waals surface area contributed by atoms with E-state index < -0.39 is 6.61 Å². The third-order valence-corrected chi connectivity index (χ3v) is 6.98. The summed E-state index contributed by atoms with van der Waals surface area (Å²) in [6, 6.07) is 6.80. The molecule has 0 aromatic carbocycles. The van der Waals surface area contributed by atoms with Gasteiger partial charge in [-0.25, -0.2) is 4.98 Å². The minimum absolute atomic E-state index is 0.0910. The Morgan fingerprint density at radius 1 is 1.10 bits per heavy atom. The van der Waals surface area contributed by atoms with E-state index in [0.717, 1.165) is 49.2 Å². The van der Waals surface area contributed by atoms with Gasteiger partial charge >= 0.3 is 6.61 Å². The lowest BCUT2D eigenvalue weighted by atomic mass is 9.86. The van der Waals surface area contributed by atoms with Crippen molar-refractivity contribution in [3.8, 4) is 17.0 Å². The molecule has 4 bridgehead atoms. The van der Waals surface area contributed by atoms with Crippen molar-refractivity contribution in [2.24, 2.45) is 5.92 Å². The molecule has 6 heterocycles. The lowest BCUT2D eigenvalue weighted by Gasteiger charge is -2.31. The Hall–Kier alpha value is -2.48. The molecule has 2 atom stereocenters. The van der Waals surface area contributed by atoms with Crippen molar-refractivity contribution >= 4 is 11.5 Å². The van der Waals surface area contributed by atoms with Gasteiger partial charge in [0.15, 0.2) is 0 Å². The van der Waals surface area contributed by atoms with Crippen molar-refractivity contribution in [2.45, 2.75) is 51.0 Å². The van der Waals surface area contributed by atoms with Gasteiger partial charge in [-0.1, -0.05) is 0 Å². The molecule has 5 fully saturated rings. The minimum Gasteiger partial charge on any atom is -0.433 e. The molecular weight excluding hydrogens is 390 g/mol. The molecule has 4 saturated heterocycles. The molecular formula is C22H24F2N4O2. The van der Waals surface area contributed by atoms with Crippen LogP contribution in [0.25, 0.3) is 11.3 Å². The van der Waals surface area contributed by atoms with E-state index in [9.17, 15) is 8.78 Å². The molecule has 2 aromatic rings. The Labute approximate surface area is 173 Å². The zero-order valence-corrected chi connectivity index (χ0v) is 16.8. The molecule has 158 valence electrons. The van der Waals surface area contributed by atoms with Crippen molar-refractivity contribution in [1.82, 2.24) is 9.97 Å². The highest BCUT2D eigenvalue weighted by Crippen LogP contribution is 2.44. The number of morpholine rings is 1. The van der Waals surface area contributed by atoms with E-state index in [2.05, 4.69) is 25.6 Å². The van der Waals surface area contributed by atoms with Crippen molar-refractivity contribution in [1.29, 1.82) is 0 Å². The van der Waals surface area contributed by atoms with Gasteiger partial charge < -0.3 is 19.3 Å². The molecule has 30 heavy (non-hydrogen) atoms. The maximum absolute atomic E-state index is 12.8. The fourth-order valence-electron chi connectivity index (χ4n) is 5.36. The summed E-state index contributed by atoms with van der Waals surface area (Å²) in [7, 11) is 0. The predicted molar refractivity (Wildman–Crippen MR) is 108 cm³/mol. The summed E-state index contributed by atoms with van der Waals surface area (Å²) in [5, 5.41) is 0. The summed E-state index contributed by atoms with van der Waals surface area (Å²) in [5.41, 5.74) is 2.98. The summed E-state index contributed by atoms with van der Waals surface area (Å²) in [6.07, 6.45) is 5.51. The number of hydrogen-bond donors (Lipinski definition) is 0. The molecule has 2 aromatic heterocycles. The van der Waals surface area contributed by atoms with Crippen molar-refractivity contribution < 1.29 is 18.3 Å². The second kappa shape index (κ2) is 6.77. The van der Waals surface area contributed by atoms with Gasteiger partial charge in [-0.3, -0.25) is 4.98 Å². The highest BCUT2D eigenvalue weighted by molar-refractivity contribution is 5.71. The van der Waals surface area contributed by atoms with E-state index in [1.54, 1.807) is 19.2 Å². The maximum atomic E-state index is 12.8. The van der Waals surface area contributed by atoms with Crippen LogP contribution in [0.1, 0.15) is 25.0 Å². The van der Waals surface area contributed by atoms with Crippen LogP contribution < -0.4 is 14.5 Å². The number of anilines is 2. The number of hydrogen-bond acceptors (Lipinski definition) is 6. The third-order valence-electron chi connectivity index (χ3n) is 6.98. The van der Waals surface area contributed by atoms with E-state index in [0.29, 0.717) is 29.4 Å². The van der Waals surface area contributed by atoms with E-state index in [1.807, 2.05) is 6.07 Å². The van der Waals surface area contributed by atoms with Crippen LogP contribution in [0, 0.1) is 12.8 Å².